The molecular weight excluding hydrogens is 297 g/mol. The molecule has 0 aliphatic carbocycles. The van der Waals surface area contributed by atoms with Crippen LogP contribution in [0.15, 0.2) is 18.2 Å². The van der Waals surface area contributed by atoms with Gasteiger partial charge in [0.15, 0.2) is 0 Å². The molecule has 1 aromatic rings. The molecule has 1 fully saturated rings. The van der Waals surface area contributed by atoms with Gasteiger partial charge in [0.1, 0.15) is 0 Å². The molecule has 5 heteroatoms. The SMILES string of the molecule is CCNC(c1cc(Cl)ccc1Cl)C1(OC)CCOCC1. The molecule has 0 bridgehead atoms. The highest BCUT2D eigenvalue weighted by atomic mass is 35.5. The Hall–Kier alpha value is -0.320. The molecule has 0 amide bonds. The molecule has 0 saturated carbocycles. The smallest absolute Gasteiger partial charge is 0.0916 e. The van der Waals surface area contributed by atoms with Crippen LogP contribution in [0, 0.1) is 0 Å². The van der Waals surface area contributed by atoms with Gasteiger partial charge in [0.05, 0.1) is 11.6 Å². The monoisotopic (exact) mass is 317 g/mol. The topological polar surface area (TPSA) is 30.5 Å². The number of hydrogen-bond acceptors (Lipinski definition) is 3. The summed E-state index contributed by atoms with van der Waals surface area (Å²) < 4.78 is 11.4. The van der Waals surface area contributed by atoms with E-state index in [0.29, 0.717) is 23.3 Å². The molecular formula is C15H21Cl2NO2. The van der Waals surface area contributed by atoms with Crippen molar-refractivity contribution in [3.05, 3.63) is 33.8 Å². The van der Waals surface area contributed by atoms with Crippen molar-refractivity contribution in [3.8, 4) is 0 Å². The molecule has 0 spiro atoms. The number of ether oxygens (including phenoxy) is 2. The van der Waals surface area contributed by atoms with Gasteiger partial charge < -0.3 is 14.8 Å². The summed E-state index contributed by atoms with van der Waals surface area (Å²) in [4.78, 5) is 0. The van der Waals surface area contributed by atoms with Crippen molar-refractivity contribution >= 4 is 23.2 Å². The molecule has 1 saturated heterocycles. The fraction of sp³-hybridized carbons (Fsp3) is 0.600. The van der Waals surface area contributed by atoms with Crippen LogP contribution in [-0.2, 0) is 9.47 Å². The van der Waals surface area contributed by atoms with Gasteiger partial charge in [0.25, 0.3) is 0 Å². The molecule has 20 heavy (non-hydrogen) atoms. The normalized spacial score (nSPS) is 19.8. The first-order valence-electron chi connectivity index (χ1n) is 6.94. The second kappa shape index (κ2) is 7.10. The highest BCUT2D eigenvalue weighted by Gasteiger charge is 2.41. The van der Waals surface area contributed by atoms with Gasteiger partial charge in [-0.05, 0) is 30.3 Å². The van der Waals surface area contributed by atoms with E-state index < -0.39 is 0 Å². The van der Waals surface area contributed by atoms with E-state index in [0.717, 1.165) is 24.9 Å². The summed E-state index contributed by atoms with van der Waals surface area (Å²) in [5.41, 5.74) is 0.688. The minimum absolute atomic E-state index is 0.00704. The summed E-state index contributed by atoms with van der Waals surface area (Å²) in [5, 5.41) is 4.90. The molecule has 112 valence electrons. The van der Waals surface area contributed by atoms with Crippen LogP contribution >= 0.6 is 23.2 Å². The Morgan fingerprint density at radius 3 is 2.65 bits per heavy atom. The number of nitrogens with one attached hydrogen (secondary N) is 1. The maximum atomic E-state index is 6.38. The van der Waals surface area contributed by atoms with Crippen molar-refractivity contribution in [2.75, 3.05) is 26.9 Å². The third-order valence-corrected chi connectivity index (χ3v) is 4.53. The van der Waals surface area contributed by atoms with Crippen molar-refractivity contribution in [2.45, 2.75) is 31.4 Å². The number of rotatable bonds is 5. The number of methoxy groups -OCH3 is 1. The molecule has 3 nitrogen and oxygen atoms in total. The van der Waals surface area contributed by atoms with E-state index in [1.807, 2.05) is 12.1 Å². The first-order chi connectivity index (χ1) is 9.63. The average molecular weight is 318 g/mol. The lowest BCUT2D eigenvalue weighted by atomic mass is 9.82. The van der Waals surface area contributed by atoms with Gasteiger partial charge in [0.2, 0.25) is 0 Å². The summed E-state index contributed by atoms with van der Waals surface area (Å²) in [6.45, 7) is 4.31. The summed E-state index contributed by atoms with van der Waals surface area (Å²) in [7, 11) is 1.76. The Kier molecular flexibility index (Phi) is 5.70. The molecule has 2 rings (SSSR count). The Labute approximate surface area is 130 Å². The van der Waals surface area contributed by atoms with Gasteiger partial charge in [-0.25, -0.2) is 0 Å². The predicted molar refractivity (Wildman–Crippen MR) is 82.7 cm³/mol. The van der Waals surface area contributed by atoms with Crippen LogP contribution in [0.4, 0.5) is 0 Å². The van der Waals surface area contributed by atoms with Crippen LogP contribution in [0.3, 0.4) is 0 Å². The van der Waals surface area contributed by atoms with Crippen molar-refractivity contribution in [1.29, 1.82) is 0 Å². The second-order valence-electron chi connectivity index (χ2n) is 5.04. The fourth-order valence-corrected chi connectivity index (χ4v) is 3.25. The van der Waals surface area contributed by atoms with E-state index in [2.05, 4.69) is 12.2 Å². The minimum atomic E-state index is -0.303. The third kappa shape index (κ3) is 3.29. The van der Waals surface area contributed by atoms with Gasteiger partial charge in [-0.3, -0.25) is 0 Å². The van der Waals surface area contributed by atoms with Crippen molar-refractivity contribution < 1.29 is 9.47 Å². The van der Waals surface area contributed by atoms with Gasteiger partial charge in [-0.15, -0.1) is 0 Å². The number of benzene rings is 1. The molecule has 1 aliphatic rings. The number of halogens is 2. The summed E-state index contributed by atoms with van der Waals surface area (Å²) in [6.07, 6.45) is 1.67. The van der Waals surface area contributed by atoms with E-state index in [1.165, 1.54) is 0 Å². The van der Waals surface area contributed by atoms with Crippen molar-refractivity contribution in [3.63, 3.8) is 0 Å². The fourth-order valence-electron chi connectivity index (χ4n) is 2.85. The van der Waals surface area contributed by atoms with Gasteiger partial charge in [-0.2, -0.15) is 0 Å². The van der Waals surface area contributed by atoms with E-state index in [-0.39, 0.29) is 11.6 Å². The predicted octanol–water partition coefficient (Wildman–Crippen LogP) is 3.84. The largest absolute Gasteiger partial charge is 0.381 e. The van der Waals surface area contributed by atoms with E-state index in [9.17, 15) is 0 Å². The third-order valence-electron chi connectivity index (χ3n) is 3.95. The summed E-state index contributed by atoms with van der Waals surface area (Å²) >= 11 is 12.5. The molecule has 1 unspecified atom stereocenters. The highest BCUT2D eigenvalue weighted by molar-refractivity contribution is 6.33. The first-order valence-corrected chi connectivity index (χ1v) is 7.70. The maximum Gasteiger partial charge on any atom is 0.0916 e. The van der Waals surface area contributed by atoms with Crippen LogP contribution in [0.1, 0.15) is 31.4 Å². The van der Waals surface area contributed by atoms with Gasteiger partial charge in [-0.1, -0.05) is 30.1 Å². The highest BCUT2D eigenvalue weighted by Crippen LogP contribution is 2.40. The van der Waals surface area contributed by atoms with Crippen LogP contribution in [-0.4, -0.2) is 32.5 Å². The molecule has 1 aliphatic heterocycles. The average Bonchev–Trinajstić information content (AvgIpc) is 2.48. The Morgan fingerprint density at radius 2 is 2.05 bits per heavy atom. The molecule has 1 aromatic carbocycles. The lowest BCUT2D eigenvalue weighted by molar-refractivity contribution is -0.111. The Balaban J connectivity index is 2.40. The standard InChI is InChI=1S/C15H21Cl2NO2/c1-3-18-14(12-10-11(16)4-5-13(12)17)15(19-2)6-8-20-9-7-15/h4-5,10,14,18H,3,6-9H2,1-2H3. The lowest BCUT2D eigenvalue weighted by Gasteiger charge is -2.43. The Bertz CT molecular complexity index is 447. The van der Waals surface area contributed by atoms with E-state index in [1.54, 1.807) is 13.2 Å². The zero-order chi connectivity index (χ0) is 14.6. The van der Waals surface area contributed by atoms with Gasteiger partial charge >= 0.3 is 0 Å². The molecule has 1 heterocycles. The zero-order valence-electron chi connectivity index (χ0n) is 11.9. The van der Waals surface area contributed by atoms with Crippen LogP contribution in [0.25, 0.3) is 0 Å². The Morgan fingerprint density at radius 1 is 1.35 bits per heavy atom. The number of likely N-dealkylation sites (N-methyl/N-ethyl adjacent to an activating group) is 1. The quantitative estimate of drug-likeness (QED) is 0.895. The number of hydrogen-bond donors (Lipinski definition) is 1. The van der Waals surface area contributed by atoms with Crippen LogP contribution < -0.4 is 5.32 Å². The van der Waals surface area contributed by atoms with Crippen molar-refractivity contribution in [1.82, 2.24) is 5.32 Å². The summed E-state index contributed by atoms with van der Waals surface area (Å²) in [5.74, 6) is 0. The lowest BCUT2D eigenvalue weighted by Crippen LogP contribution is -2.49. The van der Waals surface area contributed by atoms with E-state index >= 15 is 0 Å². The second-order valence-corrected chi connectivity index (χ2v) is 5.88. The zero-order valence-corrected chi connectivity index (χ0v) is 13.4. The molecule has 1 N–H and O–H groups in total. The minimum Gasteiger partial charge on any atom is -0.381 e. The van der Waals surface area contributed by atoms with Gasteiger partial charge in [0, 0.05) is 43.2 Å². The first kappa shape index (κ1) is 16.1. The molecule has 0 aromatic heterocycles. The maximum absolute atomic E-state index is 6.38. The summed E-state index contributed by atoms with van der Waals surface area (Å²) in [6, 6.07) is 5.58. The van der Waals surface area contributed by atoms with E-state index in [4.69, 9.17) is 32.7 Å². The van der Waals surface area contributed by atoms with Crippen molar-refractivity contribution in [2.24, 2.45) is 0 Å². The molecule has 0 radical (unpaired) electrons. The van der Waals surface area contributed by atoms with Crippen LogP contribution in [0.5, 0.6) is 0 Å². The van der Waals surface area contributed by atoms with Crippen LogP contribution in [0.2, 0.25) is 10.0 Å². The molecule has 1 atom stereocenters.